The smallest absolute Gasteiger partial charge is 0.221 e. The van der Waals surface area contributed by atoms with Crippen molar-refractivity contribution in [2.24, 2.45) is 5.92 Å². The van der Waals surface area contributed by atoms with Gasteiger partial charge in [-0.2, -0.15) is 0 Å². The molecule has 1 aromatic rings. The van der Waals surface area contributed by atoms with Crippen molar-refractivity contribution in [1.29, 1.82) is 0 Å². The lowest BCUT2D eigenvalue weighted by Crippen LogP contribution is -2.30. The van der Waals surface area contributed by atoms with Crippen LogP contribution in [0.2, 0.25) is 0 Å². The third-order valence-electron chi connectivity index (χ3n) is 2.68. The van der Waals surface area contributed by atoms with Gasteiger partial charge in [-0.05, 0) is 19.3 Å². The van der Waals surface area contributed by atoms with Crippen molar-refractivity contribution in [3.8, 4) is 0 Å². The molecule has 1 heterocycles. The lowest BCUT2D eigenvalue weighted by Gasteiger charge is -2.18. The normalized spacial score (nSPS) is 13.4. The predicted molar refractivity (Wildman–Crippen MR) is 81.5 cm³/mol. The second kappa shape index (κ2) is 7.17. The van der Waals surface area contributed by atoms with E-state index < -0.39 is 9.84 Å². The molecule has 114 valence electrons. The number of aryl methyl sites for hydroxylation is 1. The minimum Gasteiger partial charge on any atom is -0.347 e. The monoisotopic (exact) mass is 318 g/mol. The van der Waals surface area contributed by atoms with Crippen molar-refractivity contribution in [2.75, 3.05) is 12.0 Å². The summed E-state index contributed by atoms with van der Waals surface area (Å²) in [5, 5.41) is 5.72. The molecular formula is C13H22N2O3S2. The van der Waals surface area contributed by atoms with E-state index in [4.69, 9.17) is 0 Å². The maximum atomic E-state index is 11.9. The second-order valence-corrected chi connectivity index (χ2v) is 8.61. The van der Waals surface area contributed by atoms with Gasteiger partial charge in [-0.25, -0.2) is 13.4 Å². The minimum atomic E-state index is -3.11. The zero-order valence-electron chi connectivity index (χ0n) is 12.3. The average Bonchev–Trinajstić information content (AvgIpc) is 2.71. The van der Waals surface area contributed by atoms with Gasteiger partial charge in [0.15, 0.2) is 0 Å². The van der Waals surface area contributed by atoms with E-state index in [-0.39, 0.29) is 24.1 Å². The lowest BCUT2D eigenvalue weighted by molar-refractivity contribution is -0.121. The summed E-state index contributed by atoms with van der Waals surface area (Å²) in [5.74, 6) is 0.0535. The third kappa shape index (κ3) is 6.47. The fourth-order valence-corrected chi connectivity index (χ4v) is 3.19. The van der Waals surface area contributed by atoms with Gasteiger partial charge in [0.05, 0.1) is 11.8 Å². The molecule has 0 bridgehead atoms. The predicted octanol–water partition coefficient (Wildman–Crippen LogP) is 2.09. The first-order valence-corrected chi connectivity index (χ1v) is 9.50. The molecule has 1 aromatic heterocycles. The molecule has 0 aromatic carbocycles. The number of aromatic nitrogens is 1. The molecule has 0 fully saturated rings. The van der Waals surface area contributed by atoms with Gasteiger partial charge in [0, 0.05) is 23.8 Å². The standard InChI is InChI=1S/C13H22N2O3S2/c1-9(2)7-11(13-14-10(3)8-19-13)15-12(16)5-6-20(4,17)18/h8-9,11H,5-7H2,1-4H3,(H,15,16). The first-order chi connectivity index (χ1) is 9.17. The van der Waals surface area contributed by atoms with E-state index in [0.29, 0.717) is 5.92 Å². The quantitative estimate of drug-likeness (QED) is 0.835. The molecule has 0 saturated heterocycles. The molecule has 1 amide bonds. The van der Waals surface area contributed by atoms with Crippen LogP contribution in [0.3, 0.4) is 0 Å². The Hall–Kier alpha value is -0.950. The van der Waals surface area contributed by atoms with Crippen LogP contribution in [0.1, 0.15) is 43.4 Å². The van der Waals surface area contributed by atoms with Crippen LogP contribution in [0, 0.1) is 12.8 Å². The molecule has 7 heteroatoms. The molecule has 0 spiro atoms. The van der Waals surface area contributed by atoms with Crippen LogP contribution < -0.4 is 5.32 Å². The van der Waals surface area contributed by atoms with E-state index >= 15 is 0 Å². The van der Waals surface area contributed by atoms with Gasteiger partial charge in [0.1, 0.15) is 14.8 Å². The van der Waals surface area contributed by atoms with Crippen LogP contribution in [0.4, 0.5) is 0 Å². The zero-order valence-corrected chi connectivity index (χ0v) is 14.0. The molecular weight excluding hydrogens is 296 g/mol. The summed E-state index contributed by atoms with van der Waals surface area (Å²) < 4.78 is 22.2. The lowest BCUT2D eigenvalue weighted by atomic mass is 10.0. The number of rotatable bonds is 7. The number of thiazole rings is 1. The number of sulfone groups is 1. The molecule has 20 heavy (non-hydrogen) atoms. The number of carbonyl (C=O) groups is 1. The topological polar surface area (TPSA) is 76.1 Å². The molecule has 1 N–H and O–H groups in total. The third-order valence-corrected chi connectivity index (χ3v) is 4.70. The molecule has 1 unspecified atom stereocenters. The molecule has 5 nitrogen and oxygen atoms in total. The van der Waals surface area contributed by atoms with Crippen molar-refractivity contribution < 1.29 is 13.2 Å². The second-order valence-electron chi connectivity index (χ2n) is 5.46. The van der Waals surface area contributed by atoms with Gasteiger partial charge in [0.2, 0.25) is 5.91 Å². The summed E-state index contributed by atoms with van der Waals surface area (Å²) in [6.45, 7) is 6.07. The Morgan fingerprint density at radius 3 is 2.55 bits per heavy atom. The summed E-state index contributed by atoms with van der Waals surface area (Å²) in [6, 6.07) is -0.138. The van der Waals surface area contributed by atoms with Gasteiger partial charge in [0.25, 0.3) is 0 Å². The van der Waals surface area contributed by atoms with Crippen LogP contribution in [0.15, 0.2) is 5.38 Å². The largest absolute Gasteiger partial charge is 0.347 e. The zero-order chi connectivity index (χ0) is 15.3. The summed E-state index contributed by atoms with van der Waals surface area (Å²) >= 11 is 1.52. The summed E-state index contributed by atoms with van der Waals surface area (Å²) in [5.41, 5.74) is 0.934. The van der Waals surface area contributed by atoms with Gasteiger partial charge in [-0.1, -0.05) is 13.8 Å². The first-order valence-electron chi connectivity index (χ1n) is 6.56. The van der Waals surface area contributed by atoms with Crippen molar-refractivity contribution in [3.05, 3.63) is 16.1 Å². The van der Waals surface area contributed by atoms with Crippen molar-refractivity contribution in [2.45, 2.75) is 39.7 Å². The van der Waals surface area contributed by atoms with E-state index in [1.54, 1.807) is 0 Å². The maximum absolute atomic E-state index is 11.9. The Morgan fingerprint density at radius 2 is 2.10 bits per heavy atom. The summed E-state index contributed by atoms with van der Waals surface area (Å²) in [4.78, 5) is 16.3. The highest BCUT2D eigenvalue weighted by molar-refractivity contribution is 7.90. The fraction of sp³-hybridized carbons (Fsp3) is 0.692. The van der Waals surface area contributed by atoms with Gasteiger partial charge < -0.3 is 5.32 Å². The minimum absolute atomic E-state index is 0.00220. The van der Waals surface area contributed by atoms with E-state index in [2.05, 4.69) is 24.1 Å². The number of carbonyl (C=O) groups excluding carboxylic acids is 1. The average molecular weight is 318 g/mol. The number of hydrogen-bond donors (Lipinski definition) is 1. The molecule has 0 saturated carbocycles. The summed E-state index contributed by atoms with van der Waals surface area (Å²) in [6.07, 6.45) is 1.92. The van der Waals surface area contributed by atoms with Crippen LogP contribution in [-0.2, 0) is 14.6 Å². The maximum Gasteiger partial charge on any atom is 0.221 e. The van der Waals surface area contributed by atoms with E-state index in [9.17, 15) is 13.2 Å². The highest BCUT2D eigenvalue weighted by atomic mass is 32.2. The number of hydrogen-bond acceptors (Lipinski definition) is 5. The number of nitrogens with zero attached hydrogens (tertiary/aromatic N) is 1. The molecule has 0 aliphatic carbocycles. The Bertz CT molecular complexity index is 550. The van der Waals surface area contributed by atoms with Crippen molar-refractivity contribution in [1.82, 2.24) is 10.3 Å². The van der Waals surface area contributed by atoms with Gasteiger partial charge in [-0.3, -0.25) is 4.79 Å². The Kier molecular flexibility index (Phi) is 6.13. The number of nitrogens with one attached hydrogen (secondary N) is 1. The van der Waals surface area contributed by atoms with E-state index in [1.807, 2.05) is 12.3 Å². The van der Waals surface area contributed by atoms with E-state index in [0.717, 1.165) is 23.4 Å². The number of amides is 1. The highest BCUT2D eigenvalue weighted by Gasteiger charge is 2.19. The van der Waals surface area contributed by atoms with Crippen LogP contribution in [0.5, 0.6) is 0 Å². The van der Waals surface area contributed by atoms with Gasteiger partial charge in [-0.15, -0.1) is 11.3 Å². The van der Waals surface area contributed by atoms with Crippen molar-refractivity contribution >= 4 is 27.1 Å². The van der Waals surface area contributed by atoms with Crippen LogP contribution >= 0.6 is 11.3 Å². The first kappa shape index (κ1) is 17.1. The highest BCUT2D eigenvalue weighted by Crippen LogP contribution is 2.24. The summed E-state index contributed by atoms with van der Waals surface area (Å²) in [7, 11) is -3.11. The molecule has 1 atom stereocenters. The molecule has 0 aliphatic rings. The van der Waals surface area contributed by atoms with E-state index in [1.165, 1.54) is 11.3 Å². The molecule has 0 aliphatic heterocycles. The Labute approximate surface area is 124 Å². The van der Waals surface area contributed by atoms with Gasteiger partial charge >= 0.3 is 0 Å². The molecule has 1 rings (SSSR count). The molecule has 0 radical (unpaired) electrons. The van der Waals surface area contributed by atoms with Crippen molar-refractivity contribution in [3.63, 3.8) is 0 Å². The van der Waals surface area contributed by atoms with Crippen LogP contribution in [0.25, 0.3) is 0 Å². The SMILES string of the molecule is Cc1csc(C(CC(C)C)NC(=O)CCS(C)(=O)=O)n1. The fourth-order valence-electron chi connectivity index (χ4n) is 1.77. The Balaban J connectivity index is 2.68. The Morgan fingerprint density at radius 1 is 1.45 bits per heavy atom. The van der Waals surface area contributed by atoms with Crippen LogP contribution in [-0.4, -0.2) is 31.3 Å².